The first-order valence-electron chi connectivity index (χ1n) is 5.68. The molecule has 2 rings (SSSR count). The molecule has 1 heterocycles. The molecule has 0 N–H and O–H groups in total. The van der Waals surface area contributed by atoms with Crippen molar-refractivity contribution in [2.75, 3.05) is 7.11 Å². The van der Waals surface area contributed by atoms with Gasteiger partial charge < -0.3 is 9.47 Å². The predicted molar refractivity (Wildman–Crippen MR) is 76.3 cm³/mol. The van der Waals surface area contributed by atoms with E-state index in [4.69, 9.17) is 32.7 Å². The lowest BCUT2D eigenvalue weighted by atomic mass is 10.2. The molecule has 1 aromatic heterocycles. The van der Waals surface area contributed by atoms with Crippen LogP contribution in [-0.4, -0.2) is 12.1 Å². The normalized spacial score (nSPS) is 10.3. The second-order valence-electron chi connectivity index (χ2n) is 4.01. The van der Waals surface area contributed by atoms with Gasteiger partial charge >= 0.3 is 0 Å². The molecule has 0 radical (unpaired) electrons. The van der Waals surface area contributed by atoms with Crippen molar-refractivity contribution in [2.45, 2.75) is 13.5 Å². The van der Waals surface area contributed by atoms with Crippen molar-refractivity contribution in [3.05, 3.63) is 51.8 Å². The maximum absolute atomic E-state index is 6.03. The van der Waals surface area contributed by atoms with Crippen molar-refractivity contribution in [1.29, 1.82) is 0 Å². The Balaban J connectivity index is 2.16. The lowest BCUT2D eigenvalue weighted by Crippen LogP contribution is -2.01. The van der Waals surface area contributed by atoms with Gasteiger partial charge in [0.1, 0.15) is 11.8 Å². The molecular formula is C14H13Cl2NO2. The molecule has 0 fully saturated rings. The summed E-state index contributed by atoms with van der Waals surface area (Å²) in [6, 6.07) is 9.04. The third kappa shape index (κ3) is 3.52. The number of hydrogen-bond acceptors (Lipinski definition) is 3. The first-order chi connectivity index (χ1) is 9.10. The Morgan fingerprint density at radius 1 is 1.11 bits per heavy atom. The van der Waals surface area contributed by atoms with E-state index in [0.29, 0.717) is 27.4 Å². The maximum Gasteiger partial charge on any atom is 0.161 e. The van der Waals surface area contributed by atoms with Gasteiger partial charge in [-0.2, -0.15) is 0 Å². The van der Waals surface area contributed by atoms with E-state index in [2.05, 4.69) is 4.98 Å². The van der Waals surface area contributed by atoms with Crippen LogP contribution in [0.5, 0.6) is 11.5 Å². The van der Waals surface area contributed by atoms with Crippen molar-refractivity contribution < 1.29 is 9.47 Å². The minimum atomic E-state index is 0.235. The molecule has 1 aromatic carbocycles. The topological polar surface area (TPSA) is 31.4 Å². The highest BCUT2D eigenvalue weighted by Crippen LogP contribution is 2.29. The molecule has 100 valence electrons. The summed E-state index contributed by atoms with van der Waals surface area (Å²) in [6.07, 6.45) is 0. The van der Waals surface area contributed by atoms with E-state index in [1.165, 1.54) is 0 Å². The lowest BCUT2D eigenvalue weighted by Gasteiger charge is -2.11. The van der Waals surface area contributed by atoms with E-state index in [0.717, 1.165) is 5.56 Å². The Kier molecular flexibility index (Phi) is 4.51. The van der Waals surface area contributed by atoms with Crippen molar-refractivity contribution in [2.24, 2.45) is 0 Å². The number of pyridine rings is 1. The molecule has 0 saturated heterocycles. The molecule has 0 aliphatic rings. The average molecular weight is 298 g/mol. The zero-order valence-electron chi connectivity index (χ0n) is 10.6. The number of hydrogen-bond donors (Lipinski definition) is 0. The molecule has 5 heteroatoms. The standard InChI is InChI=1S/C14H13Cl2NO2/c1-9-3-5-12(13(7-9)18-2)19-8-11-10(15)4-6-14(16)17-11/h3-7H,8H2,1-2H3. The fourth-order valence-corrected chi connectivity index (χ4v) is 1.92. The Morgan fingerprint density at radius 2 is 1.89 bits per heavy atom. The van der Waals surface area contributed by atoms with Gasteiger partial charge in [0.05, 0.1) is 17.8 Å². The summed E-state index contributed by atoms with van der Waals surface area (Å²) in [6.45, 7) is 2.22. The van der Waals surface area contributed by atoms with E-state index in [1.54, 1.807) is 19.2 Å². The van der Waals surface area contributed by atoms with Crippen molar-refractivity contribution in [3.8, 4) is 11.5 Å². The van der Waals surface area contributed by atoms with Gasteiger partial charge in [0.2, 0.25) is 0 Å². The minimum Gasteiger partial charge on any atom is -0.493 e. The fourth-order valence-electron chi connectivity index (χ4n) is 1.60. The molecule has 0 atom stereocenters. The lowest BCUT2D eigenvalue weighted by molar-refractivity contribution is 0.280. The first-order valence-corrected chi connectivity index (χ1v) is 6.44. The number of benzene rings is 1. The number of ether oxygens (including phenoxy) is 2. The minimum absolute atomic E-state index is 0.235. The van der Waals surface area contributed by atoms with Crippen LogP contribution in [0.1, 0.15) is 11.3 Å². The Morgan fingerprint density at radius 3 is 2.63 bits per heavy atom. The van der Waals surface area contributed by atoms with E-state index in [9.17, 15) is 0 Å². The van der Waals surface area contributed by atoms with Gasteiger partial charge in [-0.05, 0) is 36.8 Å². The second kappa shape index (κ2) is 6.13. The van der Waals surface area contributed by atoms with Crippen LogP contribution in [0.2, 0.25) is 10.2 Å². The van der Waals surface area contributed by atoms with Crippen LogP contribution in [0.3, 0.4) is 0 Å². The van der Waals surface area contributed by atoms with Crippen molar-refractivity contribution in [1.82, 2.24) is 4.98 Å². The molecule has 0 amide bonds. The summed E-state index contributed by atoms with van der Waals surface area (Å²) in [4.78, 5) is 4.13. The van der Waals surface area contributed by atoms with Crippen LogP contribution in [0.25, 0.3) is 0 Å². The highest BCUT2D eigenvalue weighted by molar-refractivity contribution is 6.32. The smallest absolute Gasteiger partial charge is 0.161 e. The van der Waals surface area contributed by atoms with E-state index < -0.39 is 0 Å². The highest BCUT2D eigenvalue weighted by Gasteiger charge is 2.08. The maximum atomic E-state index is 6.03. The number of aryl methyl sites for hydroxylation is 1. The largest absolute Gasteiger partial charge is 0.493 e. The Labute approximate surface area is 122 Å². The number of rotatable bonds is 4. The van der Waals surface area contributed by atoms with Gasteiger partial charge in [-0.1, -0.05) is 29.3 Å². The summed E-state index contributed by atoms with van der Waals surface area (Å²) in [5.41, 5.74) is 1.69. The Hall–Kier alpha value is -1.45. The third-order valence-corrected chi connectivity index (χ3v) is 3.12. The van der Waals surface area contributed by atoms with Gasteiger partial charge in [-0.3, -0.25) is 0 Å². The van der Waals surface area contributed by atoms with Crippen LogP contribution in [0, 0.1) is 6.92 Å². The molecule has 3 nitrogen and oxygen atoms in total. The van der Waals surface area contributed by atoms with Gasteiger partial charge in [-0.15, -0.1) is 0 Å². The monoisotopic (exact) mass is 297 g/mol. The number of nitrogens with zero attached hydrogens (tertiary/aromatic N) is 1. The highest BCUT2D eigenvalue weighted by atomic mass is 35.5. The number of aromatic nitrogens is 1. The summed E-state index contributed by atoms with van der Waals surface area (Å²) >= 11 is 11.9. The molecule has 2 aromatic rings. The second-order valence-corrected chi connectivity index (χ2v) is 4.80. The predicted octanol–water partition coefficient (Wildman–Crippen LogP) is 4.28. The number of methoxy groups -OCH3 is 1. The zero-order chi connectivity index (χ0) is 13.8. The first kappa shape index (κ1) is 14.0. The summed E-state index contributed by atoms with van der Waals surface area (Å²) in [7, 11) is 1.60. The van der Waals surface area contributed by atoms with Crippen LogP contribution in [-0.2, 0) is 6.61 Å². The van der Waals surface area contributed by atoms with Gasteiger partial charge in [0.15, 0.2) is 11.5 Å². The summed E-state index contributed by atoms with van der Waals surface area (Å²) in [5, 5.41) is 0.911. The van der Waals surface area contributed by atoms with Crippen molar-refractivity contribution in [3.63, 3.8) is 0 Å². The molecule has 0 unspecified atom stereocenters. The number of halogens is 2. The molecule has 0 spiro atoms. The zero-order valence-corrected chi connectivity index (χ0v) is 12.1. The van der Waals surface area contributed by atoms with E-state index >= 15 is 0 Å². The van der Waals surface area contributed by atoms with Crippen molar-refractivity contribution >= 4 is 23.2 Å². The average Bonchev–Trinajstić information content (AvgIpc) is 2.40. The Bertz CT molecular complexity index is 588. The van der Waals surface area contributed by atoms with Gasteiger partial charge in [0, 0.05) is 0 Å². The summed E-state index contributed by atoms with van der Waals surface area (Å²) in [5.74, 6) is 1.32. The molecular weight excluding hydrogens is 285 g/mol. The molecule has 0 bridgehead atoms. The molecule has 0 aliphatic carbocycles. The van der Waals surface area contributed by atoms with Crippen LogP contribution >= 0.6 is 23.2 Å². The molecule has 0 saturated carbocycles. The SMILES string of the molecule is COc1cc(C)ccc1OCc1nc(Cl)ccc1Cl. The quantitative estimate of drug-likeness (QED) is 0.789. The molecule has 19 heavy (non-hydrogen) atoms. The summed E-state index contributed by atoms with van der Waals surface area (Å²) < 4.78 is 10.9. The van der Waals surface area contributed by atoms with E-state index in [1.807, 2.05) is 25.1 Å². The van der Waals surface area contributed by atoms with Crippen LogP contribution < -0.4 is 9.47 Å². The van der Waals surface area contributed by atoms with Gasteiger partial charge in [-0.25, -0.2) is 4.98 Å². The molecule has 0 aliphatic heterocycles. The van der Waals surface area contributed by atoms with E-state index in [-0.39, 0.29) is 6.61 Å². The fraction of sp³-hybridized carbons (Fsp3) is 0.214. The third-order valence-electron chi connectivity index (χ3n) is 2.57. The van der Waals surface area contributed by atoms with Crippen LogP contribution in [0.4, 0.5) is 0 Å². The van der Waals surface area contributed by atoms with Gasteiger partial charge in [0.25, 0.3) is 0 Å². The van der Waals surface area contributed by atoms with Crippen LogP contribution in [0.15, 0.2) is 30.3 Å².